The Morgan fingerprint density at radius 3 is 1.40 bits per heavy atom. The Labute approximate surface area is 327 Å². The first-order chi connectivity index (χ1) is 28.2. The van der Waals surface area contributed by atoms with Crippen molar-refractivity contribution >= 4 is 76.8 Å². The highest BCUT2D eigenvalue weighted by molar-refractivity contribution is 6.16. The van der Waals surface area contributed by atoms with Crippen molar-refractivity contribution in [3.8, 4) is 34.3 Å². The molecule has 0 fully saturated rings. The van der Waals surface area contributed by atoms with Gasteiger partial charge in [-0.3, -0.25) is 0 Å². The summed E-state index contributed by atoms with van der Waals surface area (Å²) >= 11 is 0. The van der Waals surface area contributed by atoms with Gasteiger partial charge in [-0.15, -0.1) is 0 Å². The maximum absolute atomic E-state index is 10.4. The zero-order valence-corrected chi connectivity index (χ0v) is 30.3. The fourth-order valence-electron chi connectivity index (χ4n) is 8.92. The Kier molecular flexibility index (Phi) is 6.95. The van der Waals surface area contributed by atoms with Crippen molar-refractivity contribution < 1.29 is 0 Å². The second-order valence-electron chi connectivity index (χ2n) is 14.2. The number of rotatable bonds is 4. The average Bonchev–Trinajstić information content (AvgIpc) is 3.91. The zero-order valence-electron chi connectivity index (χ0n) is 30.3. The molecule has 0 saturated heterocycles. The van der Waals surface area contributed by atoms with Gasteiger partial charge in [-0.25, -0.2) is 9.69 Å². The molecule has 11 rings (SSSR count). The molecule has 11 aromatic rings. The molecular formula is C51H28N6. The largest absolute Gasteiger partial charge is 0.310 e. The molecule has 3 aromatic heterocycles. The molecule has 6 heteroatoms. The number of aromatic nitrogens is 3. The molecule has 57 heavy (non-hydrogen) atoms. The van der Waals surface area contributed by atoms with E-state index < -0.39 is 0 Å². The van der Waals surface area contributed by atoms with Crippen LogP contribution in [0, 0.1) is 24.5 Å². The third kappa shape index (κ3) is 4.61. The van der Waals surface area contributed by atoms with Crippen LogP contribution < -0.4 is 0 Å². The zero-order chi connectivity index (χ0) is 38.2. The van der Waals surface area contributed by atoms with Crippen molar-refractivity contribution in [3.63, 3.8) is 0 Å². The van der Waals surface area contributed by atoms with E-state index in [0.29, 0.717) is 16.9 Å². The van der Waals surface area contributed by atoms with Crippen LogP contribution in [0.1, 0.15) is 5.56 Å². The van der Waals surface area contributed by atoms with Crippen molar-refractivity contribution in [2.75, 3.05) is 0 Å². The maximum Gasteiger partial charge on any atom is 0.189 e. The van der Waals surface area contributed by atoms with E-state index in [0.717, 1.165) is 93.6 Å². The highest BCUT2D eigenvalue weighted by Gasteiger charge is 2.24. The van der Waals surface area contributed by atoms with Gasteiger partial charge < -0.3 is 13.7 Å². The van der Waals surface area contributed by atoms with Crippen LogP contribution in [0.2, 0.25) is 0 Å². The molecule has 0 N–H and O–H groups in total. The van der Waals surface area contributed by atoms with Crippen molar-refractivity contribution in [2.24, 2.45) is 0 Å². The number of fused-ring (bicyclic) bond motifs is 9. The van der Waals surface area contributed by atoms with Gasteiger partial charge in [0.15, 0.2) is 11.4 Å². The van der Waals surface area contributed by atoms with E-state index in [1.165, 1.54) is 0 Å². The van der Waals surface area contributed by atoms with E-state index in [1.807, 2.05) is 54.6 Å². The molecule has 0 spiro atoms. The van der Waals surface area contributed by atoms with Crippen LogP contribution in [0.4, 0.5) is 11.4 Å². The van der Waals surface area contributed by atoms with Gasteiger partial charge in [0, 0.05) is 43.7 Å². The molecule has 0 atom stereocenters. The molecular weight excluding hydrogens is 697 g/mol. The Hall–Kier alpha value is -8.37. The number of benzene rings is 8. The van der Waals surface area contributed by atoms with Crippen LogP contribution in [-0.4, -0.2) is 13.7 Å². The maximum atomic E-state index is 10.4. The molecule has 0 saturated carbocycles. The number of nitrogens with zero attached hydrogens (tertiary/aromatic N) is 6. The highest BCUT2D eigenvalue weighted by Crippen LogP contribution is 2.45. The summed E-state index contributed by atoms with van der Waals surface area (Å²) in [6.45, 7) is 16.0. The molecule has 0 bridgehead atoms. The Morgan fingerprint density at radius 1 is 0.386 bits per heavy atom. The molecule has 0 aliphatic heterocycles. The lowest BCUT2D eigenvalue weighted by Gasteiger charge is -2.20. The fraction of sp³-hybridized carbons (Fsp3) is 0. The van der Waals surface area contributed by atoms with Gasteiger partial charge in [0.25, 0.3) is 0 Å². The third-order valence-electron chi connectivity index (χ3n) is 11.3. The number of para-hydroxylation sites is 5. The predicted octanol–water partition coefficient (Wildman–Crippen LogP) is 13.6. The molecule has 0 amide bonds. The highest BCUT2D eigenvalue weighted by atomic mass is 15.1. The topological polar surface area (TPSA) is 47.3 Å². The number of hydrogen-bond donors (Lipinski definition) is 0. The van der Waals surface area contributed by atoms with Crippen molar-refractivity contribution in [1.29, 1.82) is 5.26 Å². The van der Waals surface area contributed by atoms with E-state index in [4.69, 9.17) is 13.1 Å². The van der Waals surface area contributed by atoms with E-state index in [9.17, 15) is 5.26 Å². The Morgan fingerprint density at radius 2 is 0.842 bits per heavy atom. The summed E-state index contributed by atoms with van der Waals surface area (Å²) in [4.78, 5) is 7.71. The predicted molar refractivity (Wildman–Crippen MR) is 232 cm³/mol. The second kappa shape index (κ2) is 12.3. The normalized spacial score (nSPS) is 11.5. The van der Waals surface area contributed by atoms with Crippen LogP contribution in [0.3, 0.4) is 0 Å². The standard InChI is InChI=1S/C51H28N6/c1-53-33-24-27-47-42(29-33)41-16-11-21-48(55-43-17-7-3-12-35(43)36-13-4-8-18-44(36)55)51(41)57(47)49-28-32(31-52)22-25-39(49)40-26-23-34(54-2)30-50(40)56-45-19-9-5-14-37(45)38-15-6-10-20-46(38)56/h3-30H. The number of nitriles is 1. The first-order valence-electron chi connectivity index (χ1n) is 18.6. The van der Waals surface area contributed by atoms with E-state index in [2.05, 4.69) is 145 Å². The minimum Gasteiger partial charge on any atom is -0.310 e. The second-order valence-corrected chi connectivity index (χ2v) is 14.2. The molecule has 0 aliphatic rings. The lowest BCUT2D eigenvalue weighted by Crippen LogP contribution is -2.04. The summed E-state index contributed by atoms with van der Waals surface area (Å²) in [5.74, 6) is 0. The Balaban J connectivity index is 1.30. The summed E-state index contributed by atoms with van der Waals surface area (Å²) in [6, 6.07) is 60.2. The van der Waals surface area contributed by atoms with Gasteiger partial charge in [0.05, 0.1) is 69.3 Å². The monoisotopic (exact) mass is 724 g/mol. The van der Waals surface area contributed by atoms with Gasteiger partial charge in [0.2, 0.25) is 0 Å². The van der Waals surface area contributed by atoms with Gasteiger partial charge in [-0.2, -0.15) is 5.26 Å². The van der Waals surface area contributed by atoms with Crippen LogP contribution in [-0.2, 0) is 0 Å². The van der Waals surface area contributed by atoms with Gasteiger partial charge in [-0.05, 0) is 66.0 Å². The first kappa shape index (κ1) is 32.1. The number of hydrogen-bond acceptors (Lipinski definition) is 1. The van der Waals surface area contributed by atoms with Crippen molar-refractivity contribution in [1.82, 2.24) is 13.7 Å². The molecule has 6 nitrogen and oxygen atoms in total. The van der Waals surface area contributed by atoms with E-state index >= 15 is 0 Å². The van der Waals surface area contributed by atoms with Crippen LogP contribution in [0.25, 0.3) is 103 Å². The summed E-state index contributed by atoms with van der Waals surface area (Å²) in [5.41, 5.74) is 12.2. The van der Waals surface area contributed by atoms with Crippen molar-refractivity contribution in [3.05, 3.63) is 198 Å². The SMILES string of the molecule is [C-]#[N+]c1ccc(-c2ccc(C#N)cc2-n2c3ccc([N+]#[C-])cc3c3cccc(-n4c5ccccc5c5ccccc54)c32)c(-n2c3ccccc3c3ccccc32)c1. The van der Waals surface area contributed by atoms with Crippen LogP contribution in [0.5, 0.6) is 0 Å². The third-order valence-corrected chi connectivity index (χ3v) is 11.3. The van der Waals surface area contributed by atoms with E-state index in [1.54, 1.807) is 0 Å². The summed E-state index contributed by atoms with van der Waals surface area (Å²) in [5, 5.41) is 16.9. The van der Waals surface area contributed by atoms with Gasteiger partial charge in [-0.1, -0.05) is 109 Å². The van der Waals surface area contributed by atoms with Crippen LogP contribution >= 0.6 is 0 Å². The van der Waals surface area contributed by atoms with Crippen molar-refractivity contribution in [2.45, 2.75) is 0 Å². The van der Waals surface area contributed by atoms with Crippen LogP contribution in [0.15, 0.2) is 170 Å². The minimum absolute atomic E-state index is 0.520. The summed E-state index contributed by atoms with van der Waals surface area (Å²) in [7, 11) is 0. The lowest BCUT2D eigenvalue weighted by molar-refractivity contribution is 1.13. The molecule has 3 heterocycles. The smallest absolute Gasteiger partial charge is 0.189 e. The molecule has 262 valence electrons. The fourth-order valence-corrected chi connectivity index (χ4v) is 8.92. The van der Waals surface area contributed by atoms with Gasteiger partial charge >= 0.3 is 0 Å². The first-order valence-corrected chi connectivity index (χ1v) is 18.6. The molecule has 8 aromatic carbocycles. The average molecular weight is 725 g/mol. The van der Waals surface area contributed by atoms with Gasteiger partial charge in [0.1, 0.15) is 0 Å². The molecule has 0 aliphatic carbocycles. The summed E-state index contributed by atoms with van der Waals surface area (Å²) in [6.07, 6.45) is 0. The Bertz CT molecular complexity index is 3520. The van der Waals surface area contributed by atoms with E-state index in [-0.39, 0.29) is 0 Å². The molecule has 0 unspecified atom stereocenters. The summed E-state index contributed by atoms with van der Waals surface area (Å²) < 4.78 is 6.86. The minimum atomic E-state index is 0.520. The molecule has 0 radical (unpaired) electrons. The lowest BCUT2D eigenvalue weighted by atomic mass is 9.98. The quantitative estimate of drug-likeness (QED) is 0.167.